The molecule has 3 nitrogen and oxygen atoms in total. The fourth-order valence-corrected chi connectivity index (χ4v) is 2.36. The number of benzene rings is 1. The molecule has 1 amide bonds. The van der Waals surface area contributed by atoms with E-state index in [2.05, 4.69) is 5.32 Å². The minimum atomic E-state index is -0.877. The van der Waals surface area contributed by atoms with Gasteiger partial charge < -0.3 is 10.2 Å². The van der Waals surface area contributed by atoms with Gasteiger partial charge >= 0.3 is 0 Å². The van der Waals surface area contributed by atoms with Gasteiger partial charge in [0.2, 0.25) is 5.91 Å². The highest BCUT2D eigenvalue weighted by molar-refractivity contribution is 5.78. The van der Waals surface area contributed by atoms with Gasteiger partial charge in [0, 0.05) is 20.1 Å². The number of amides is 1. The van der Waals surface area contributed by atoms with Crippen molar-refractivity contribution in [1.82, 2.24) is 10.2 Å². The number of hydrogen-bond acceptors (Lipinski definition) is 2. The van der Waals surface area contributed by atoms with Gasteiger partial charge in [-0.2, -0.15) is 0 Å². The zero-order valence-electron chi connectivity index (χ0n) is 11.0. The van der Waals surface area contributed by atoms with Gasteiger partial charge in [0.05, 0.1) is 5.92 Å². The van der Waals surface area contributed by atoms with E-state index >= 15 is 0 Å². The van der Waals surface area contributed by atoms with Gasteiger partial charge in [-0.3, -0.25) is 4.79 Å². The lowest BCUT2D eigenvalue weighted by molar-refractivity contribution is -0.135. The van der Waals surface area contributed by atoms with Crippen molar-refractivity contribution < 1.29 is 13.6 Å². The highest BCUT2D eigenvalue weighted by Gasteiger charge is 2.23. The van der Waals surface area contributed by atoms with Crippen LogP contribution < -0.4 is 5.32 Å². The van der Waals surface area contributed by atoms with E-state index in [-0.39, 0.29) is 11.8 Å². The van der Waals surface area contributed by atoms with Crippen LogP contribution in [-0.2, 0) is 11.3 Å². The van der Waals surface area contributed by atoms with E-state index in [1.807, 2.05) is 0 Å². The fraction of sp³-hybridized carbons (Fsp3) is 0.500. The second kappa shape index (κ2) is 6.10. The van der Waals surface area contributed by atoms with Crippen LogP contribution in [0.15, 0.2) is 18.2 Å². The minimum absolute atomic E-state index is 0.0101. The third-order valence-electron chi connectivity index (χ3n) is 3.43. The lowest BCUT2D eigenvalue weighted by Crippen LogP contribution is -2.41. The molecule has 1 fully saturated rings. The summed E-state index contributed by atoms with van der Waals surface area (Å²) in [4.78, 5) is 13.7. The molecule has 1 aromatic carbocycles. The Bertz CT molecular complexity index is 459. The van der Waals surface area contributed by atoms with E-state index in [0.717, 1.165) is 31.5 Å². The summed E-state index contributed by atoms with van der Waals surface area (Å²) in [6, 6.07) is 3.73. The molecule has 1 N–H and O–H groups in total. The smallest absolute Gasteiger partial charge is 0.227 e. The number of carbonyl (C=O) groups is 1. The molecule has 0 bridgehead atoms. The highest BCUT2D eigenvalue weighted by atomic mass is 19.2. The molecule has 104 valence electrons. The Morgan fingerprint density at radius 1 is 1.42 bits per heavy atom. The van der Waals surface area contributed by atoms with Crippen LogP contribution in [0.25, 0.3) is 0 Å². The van der Waals surface area contributed by atoms with Gasteiger partial charge in [-0.15, -0.1) is 0 Å². The van der Waals surface area contributed by atoms with Crippen molar-refractivity contribution in [1.29, 1.82) is 0 Å². The summed E-state index contributed by atoms with van der Waals surface area (Å²) >= 11 is 0. The Balaban J connectivity index is 1.97. The molecule has 0 aromatic heterocycles. The number of rotatable bonds is 3. The third kappa shape index (κ3) is 3.50. The first kappa shape index (κ1) is 13.9. The van der Waals surface area contributed by atoms with Crippen LogP contribution in [0, 0.1) is 17.6 Å². The molecule has 1 heterocycles. The number of carbonyl (C=O) groups excluding carboxylic acids is 1. The first-order valence-electron chi connectivity index (χ1n) is 6.47. The molecule has 0 unspecified atom stereocenters. The van der Waals surface area contributed by atoms with Gasteiger partial charge in [-0.05, 0) is 37.1 Å². The van der Waals surface area contributed by atoms with Gasteiger partial charge in [0.15, 0.2) is 11.6 Å². The molecule has 0 saturated carbocycles. The Hall–Kier alpha value is -1.49. The molecular weight excluding hydrogens is 250 g/mol. The third-order valence-corrected chi connectivity index (χ3v) is 3.43. The van der Waals surface area contributed by atoms with Crippen molar-refractivity contribution in [3.05, 3.63) is 35.4 Å². The van der Waals surface area contributed by atoms with Crippen molar-refractivity contribution in [3.63, 3.8) is 0 Å². The number of halogens is 2. The molecule has 1 atom stereocenters. The van der Waals surface area contributed by atoms with Crippen molar-refractivity contribution in [2.24, 2.45) is 5.92 Å². The van der Waals surface area contributed by atoms with Gasteiger partial charge in [-0.1, -0.05) is 6.07 Å². The predicted octanol–water partition coefficient (Wildman–Crippen LogP) is 1.92. The molecule has 1 saturated heterocycles. The van der Waals surface area contributed by atoms with Crippen LogP contribution in [0.2, 0.25) is 0 Å². The highest BCUT2D eigenvalue weighted by Crippen LogP contribution is 2.15. The lowest BCUT2D eigenvalue weighted by Gasteiger charge is -2.27. The number of hydrogen-bond donors (Lipinski definition) is 1. The van der Waals surface area contributed by atoms with Crippen LogP contribution in [0.1, 0.15) is 18.4 Å². The Labute approximate surface area is 111 Å². The fourth-order valence-electron chi connectivity index (χ4n) is 2.36. The second-order valence-corrected chi connectivity index (χ2v) is 4.99. The quantitative estimate of drug-likeness (QED) is 0.908. The predicted molar refractivity (Wildman–Crippen MR) is 68.4 cm³/mol. The molecule has 1 aliphatic heterocycles. The van der Waals surface area contributed by atoms with E-state index in [4.69, 9.17) is 0 Å². The normalized spacial score (nSPS) is 19.2. The number of nitrogens with one attached hydrogen (secondary N) is 1. The Morgan fingerprint density at radius 3 is 2.84 bits per heavy atom. The first-order chi connectivity index (χ1) is 9.08. The van der Waals surface area contributed by atoms with E-state index in [1.54, 1.807) is 11.9 Å². The second-order valence-electron chi connectivity index (χ2n) is 4.99. The van der Waals surface area contributed by atoms with Gasteiger partial charge in [0.1, 0.15) is 0 Å². The monoisotopic (exact) mass is 268 g/mol. The average Bonchev–Trinajstić information content (AvgIpc) is 2.43. The maximum Gasteiger partial charge on any atom is 0.227 e. The lowest BCUT2D eigenvalue weighted by atomic mass is 9.98. The molecule has 1 aromatic rings. The number of nitrogens with zero attached hydrogens (tertiary/aromatic N) is 1. The Kier molecular flexibility index (Phi) is 4.47. The van der Waals surface area contributed by atoms with Crippen LogP contribution in [0.3, 0.4) is 0 Å². The van der Waals surface area contributed by atoms with Crippen LogP contribution in [0.5, 0.6) is 0 Å². The molecule has 1 aliphatic rings. The van der Waals surface area contributed by atoms with Crippen LogP contribution >= 0.6 is 0 Å². The van der Waals surface area contributed by atoms with Crippen molar-refractivity contribution >= 4 is 5.91 Å². The largest absolute Gasteiger partial charge is 0.341 e. The first-order valence-corrected chi connectivity index (χ1v) is 6.47. The molecule has 0 radical (unpaired) electrons. The van der Waals surface area contributed by atoms with Crippen LogP contribution in [-0.4, -0.2) is 30.9 Å². The summed E-state index contributed by atoms with van der Waals surface area (Å²) in [5, 5.41) is 3.19. The van der Waals surface area contributed by atoms with Gasteiger partial charge in [-0.25, -0.2) is 8.78 Å². The molecule has 2 rings (SSSR count). The molecular formula is C14H18F2N2O. The molecule has 19 heavy (non-hydrogen) atoms. The maximum atomic E-state index is 13.1. The summed E-state index contributed by atoms with van der Waals surface area (Å²) in [7, 11) is 1.69. The van der Waals surface area contributed by atoms with Crippen molar-refractivity contribution in [2.75, 3.05) is 20.1 Å². The summed E-state index contributed by atoms with van der Waals surface area (Å²) < 4.78 is 25.9. The minimum Gasteiger partial charge on any atom is -0.341 e. The SMILES string of the molecule is CN(Cc1ccc(F)c(F)c1)C(=O)[C@@H]1CCCNC1. The standard InChI is InChI=1S/C14H18F2N2O/c1-18(14(19)11-3-2-6-17-8-11)9-10-4-5-12(15)13(16)7-10/h4-5,7,11,17H,2-3,6,8-9H2,1H3/t11-/m1/s1. The van der Waals surface area contributed by atoms with Gasteiger partial charge in [0.25, 0.3) is 0 Å². The zero-order valence-corrected chi connectivity index (χ0v) is 11.0. The van der Waals surface area contributed by atoms with E-state index in [0.29, 0.717) is 18.7 Å². The topological polar surface area (TPSA) is 32.3 Å². The van der Waals surface area contributed by atoms with Crippen LogP contribution in [0.4, 0.5) is 8.78 Å². The van der Waals surface area contributed by atoms with Crippen molar-refractivity contribution in [2.45, 2.75) is 19.4 Å². The Morgan fingerprint density at radius 2 is 2.21 bits per heavy atom. The average molecular weight is 268 g/mol. The summed E-state index contributed by atoms with van der Waals surface area (Å²) in [5.74, 6) is -1.70. The molecule has 5 heteroatoms. The number of piperidine rings is 1. The summed E-state index contributed by atoms with van der Waals surface area (Å²) in [6.45, 7) is 1.95. The molecule has 0 aliphatic carbocycles. The zero-order chi connectivity index (χ0) is 13.8. The summed E-state index contributed by atoms with van der Waals surface area (Å²) in [5.41, 5.74) is 0.596. The van der Waals surface area contributed by atoms with E-state index < -0.39 is 11.6 Å². The summed E-state index contributed by atoms with van der Waals surface area (Å²) in [6.07, 6.45) is 1.88. The molecule has 0 spiro atoms. The van der Waals surface area contributed by atoms with Crippen molar-refractivity contribution in [3.8, 4) is 0 Å². The van der Waals surface area contributed by atoms with E-state index in [1.165, 1.54) is 6.07 Å². The maximum absolute atomic E-state index is 13.1. The van der Waals surface area contributed by atoms with E-state index in [9.17, 15) is 13.6 Å².